The molecule has 4 aromatic rings. The summed E-state index contributed by atoms with van der Waals surface area (Å²) in [6.45, 7) is 3.99. The quantitative estimate of drug-likeness (QED) is 0.510. The Labute approximate surface area is 179 Å². The molecular formula is C23H23FN6O. The minimum Gasteiger partial charge on any atom is -0.452 e. The van der Waals surface area contributed by atoms with E-state index >= 15 is 0 Å². The molecule has 31 heavy (non-hydrogen) atoms. The van der Waals surface area contributed by atoms with Gasteiger partial charge in [0.1, 0.15) is 11.3 Å². The SMILES string of the molecule is CN1CCN(c2ccc(-c3cc(Oc4ccc(N)cc4F)c4ccnn4c3)cn2)CC1. The van der Waals surface area contributed by atoms with Crippen LogP contribution < -0.4 is 15.4 Å². The molecule has 2 N–H and O–H groups in total. The average Bonchev–Trinajstić information content (AvgIpc) is 3.25. The van der Waals surface area contributed by atoms with Gasteiger partial charge in [-0.1, -0.05) is 0 Å². The molecule has 0 atom stereocenters. The summed E-state index contributed by atoms with van der Waals surface area (Å²) in [6.07, 6.45) is 5.44. The lowest BCUT2D eigenvalue weighted by molar-refractivity contribution is 0.312. The number of pyridine rings is 2. The number of nitrogens with two attached hydrogens (primary N) is 1. The normalized spacial score (nSPS) is 14.8. The Morgan fingerprint density at radius 3 is 2.55 bits per heavy atom. The molecule has 1 fully saturated rings. The van der Waals surface area contributed by atoms with E-state index in [2.05, 4.69) is 26.9 Å². The van der Waals surface area contributed by atoms with E-state index in [1.807, 2.05) is 36.7 Å². The van der Waals surface area contributed by atoms with E-state index in [1.165, 1.54) is 12.1 Å². The van der Waals surface area contributed by atoms with Crippen molar-refractivity contribution < 1.29 is 9.13 Å². The van der Waals surface area contributed by atoms with Crippen LogP contribution in [0.2, 0.25) is 0 Å². The second kappa shape index (κ2) is 7.88. The maximum absolute atomic E-state index is 14.3. The first kappa shape index (κ1) is 19.3. The largest absolute Gasteiger partial charge is 0.452 e. The second-order valence-corrected chi connectivity index (χ2v) is 7.74. The van der Waals surface area contributed by atoms with Gasteiger partial charge in [-0.2, -0.15) is 5.10 Å². The first-order chi connectivity index (χ1) is 15.1. The van der Waals surface area contributed by atoms with Crippen molar-refractivity contribution in [3.8, 4) is 22.6 Å². The molecule has 158 valence electrons. The van der Waals surface area contributed by atoms with Crippen LogP contribution in [0, 0.1) is 5.82 Å². The van der Waals surface area contributed by atoms with Crippen molar-refractivity contribution in [2.45, 2.75) is 0 Å². The number of hydrogen-bond acceptors (Lipinski definition) is 6. The number of fused-ring (bicyclic) bond motifs is 1. The van der Waals surface area contributed by atoms with E-state index in [0.717, 1.165) is 48.6 Å². The van der Waals surface area contributed by atoms with Crippen LogP contribution in [0.1, 0.15) is 0 Å². The van der Waals surface area contributed by atoms with Crippen LogP contribution in [0.5, 0.6) is 11.5 Å². The molecule has 0 spiro atoms. The summed E-state index contributed by atoms with van der Waals surface area (Å²) in [7, 11) is 2.13. The molecule has 0 amide bonds. The number of ether oxygens (including phenoxy) is 1. The summed E-state index contributed by atoms with van der Waals surface area (Å²) >= 11 is 0. The maximum Gasteiger partial charge on any atom is 0.167 e. The third-order valence-electron chi connectivity index (χ3n) is 5.56. The topological polar surface area (TPSA) is 71.9 Å². The molecule has 0 unspecified atom stereocenters. The van der Waals surface area contributed by atoms with E-state index in [1.54, 1.807) is 16.8 Å². The van der Waals surface area contributed by atoms with Crippen LogP contribution in [-0.4, -0.2) is 52.7 Å². The summed E-state index contributed by atoms with van der Waals surface area (Å²) in [6, 6.07) is 12.1. The standard InChI is InChI=1S/C23H23FN6O/c1-28-8-10-29(11-9-28)23-5-2-16(14-26-23)17-12-22(20-6-7-27-30(20)15-17)31-21-4-3-18(25)13-19(21)24/h2-7,12-15H,8-11,25H2,1H3. The van der Waals surface area contributed by atoms with Crippen molar-refractivity contribution in [1.29, 1.82) is 0 Å². The van der Waals surface area contributed by atoms with Gasteiger partial charge in [0, 0.05) is 61.5 Å². The number of halogens is 1. The van der Waals surface area contributed by atoms with Crippen LogP contribution in [0.15, 0.2) is 61.1 Å². The molecule has 1 aliphatic heterocycles. The monoisotopic (exact) mass is 418 g/mol. The second-order valence-electron chi connectivity index (χ2n) is 7.74. The fourth-order valence-corrected chi connectivity index (χ4v) is 3.73. The molecule has 8 heteroatoms. The number of aromatic nitrogens is 3. The Morgan fingerprint density at radius 1 is 0.968 bits per heavy atom. The molecule has 5 rings (SSSR count). The van der Waals surface area contributed by atoms with Crippen molar-refractivity contribution in [3.63, 3.8) is 0 Å². The molecule has 0 aliphatic carbocycles. The molecule has 1 aromatic carbocycles. The molecule has 1 saturated heterocycles. The predicted molar refractivity (Wildman–Crippen MR) is 119 cm³/mol. The molecule has 0 radical (unpaired) electrons. The molecule has 1 aliphatic rings. The zero-order valence-corrected chi connectivity index (χ0v) is 17.2. The number of piperazine rings is 1. The first-order valence-electron chi connectivity index (χ1n) is 10.2. The lowest BCUT2D eigenvalue weighted by Crippen LogP contribution is -2.44. The number of benzene rings is 1. The zero-order chi connectivity index (χ0) is 21.4. The third kappa shape index (κ3) is 3.89. The minimum atomic E-state index is -0.513. The lowest BCUT2D eigenvalue weighted by atomic mass is 10.1. The molecule has 0 saturated carbocycles. The van der Waals surface area contributed by atoms with Crippen LogP contribution in [0.4, 0.5) is 15.9 Å². The Morgan fingerprint density at radius 2 is 1.81 bits per heavy atom. The highest BCUT2D eigenvalue weighted by Gasteiger charge is 2.16. The maximum atomic E-state index is 14.3. The van der Waals surface area contributed by atoms with Gasteiger partial charge in [0.2, 0.25) is 0 Å². The Hall–Kier alpha value is -3.65. The Bertz CT molecular complexity index is 1210. The number of anilines is 2. The summed E-state index contributed by atoms with van der Waals surface area (Å²) in [4.78, 5) is 9.28. The molecular weight excluding hydrogens is 395 g/mol. The fourth-order valence-electron chi connectivity index (χ4n) is 3.73. The van der Waals surface area contributed by atoms with Gasteiger partial charge in [-0.05, 0) is 43.4 Å². The van der Waals surface area contributed by atoms with Gasteiger partial charge in [0.05, 0.1) is 6.20 Å². The molecule has 3 aromatic heterocycles. The van der Waals surface area contributed by atoms with Gasteiger partial charge in [-0.25, -0.2) is 13.9 Å². The van der Waals surface area contributed by atoms with Crippen LogP contribution in [0.25, 0.3) is 16.6 Å². The van der Waals surface area contributed by atoms with Crippen molar-refractivity contribution >= 4 is 17.0 Å². The highest BCUT2D eigenvalue weighted by molar-refractivity contribution is 5.71. The summed E-state index contributed by atoms with van der Waals surface area (Å²) in [5, 5.41) is 4.33. The highest BCUT2D eigenvalue weighted by Crippen LogP contribution is 2.33. The van der Waals surface area contributed by atoms with Crippen molar-refractivity contribution in [2.24, 2.45) is 0 Å². The van der Waals surface area contributed by atoms with Crippen molar-refractivity contribution in [1.82, 2.24) is 19.5 Å². The smallest absolute Gasteiger partial charge is 0.167 e. The molecule has 4 heterocycles. The van der Waals surface area contributed by atoms with E-state index in [0.29, 0.717) is 11.4 Å². The molecule has 0 bridgehead atoms. The summed E-state index contributed by atoms with van der Waals surface area (Å²) in [5.41, 5.74) is 8.53. The molecule has 7 nitrogen and oxygen atoms in total. The van der Waals surface area contributed by atoms with Crippen molar-refractivity contribution in [3.05, 3.63) is 66.9 Å². The van der Waals surface area contributed by atoms with Gasteiger partial charge in [0.25, 0.3) is 0 Å². The van der Waals surface area contributed by atoms with E-state index in [4.69, 9.17) is 10.5 Å². The number of nitrogens with zero attached hydrogens (tertiary/aromatic N) is 5. The zero-order valence-electron chi connectivity index (χ0n) is 17.2. The van der Waals surface area contributed by atoms with E-state index in [9.17, 15) is 4.39 Å². The number of likely N-dealkylation sites (N-methyl/N-ethyl adjacent to an activating group) is 1. The lowest BCUT2D eigenvalue weighted by Gasteiger charge is -2.33. The Balaban J connectivity index is 1.46. The van der Waals surface area contributed by atoms with Gasteiger partial charge >= 0.3 is 0 Å². The number of nitrogen functional groups attached to an aromatic ring is 1. The van der Waals surface area contributed by atoms with Crippen LogP contribution in [-0.2, 0) is 0 Å². The Kier molecular flexibility index (Phi) is 4.91. The minimum absolute atomic E-state index is 0.109. The summed E-state index contributed by atoms with van der Waals surface area (Å²) in [5.74, 6) is 1.07. The number of hydrogen-bond donors (Lipinski definition) is 1. The van der Waals surface area contributed by atoms with Crippen molar-refractivity contribution in [2.75, 3.05) is 43.9 Å². The highest BCUT2D eigenvalue weighted by atomic mass is 19.1. The predicted octanol–water partition coefficient (Wildman–Crippen LogP) is 3.66. The van der Waals surface area contributed by atoms with E-state index < -0.39 is 5.82 Å². The van der Waals surface area contributed by atoms with E-state index in [-0.39, 0.29) is 5.75 Å². The summed E-state index contributed by atoms with van der Waals surface area (Å²) < 4.78 is 21.9. The van der Waals surface area contributed by atoms with Crippen LogP contribution >= 0.6 is 0 Å². The van der Waals surface area contributed by atoms with Gasteiger partial charge < -0.3 is 20.3 Å². The van der Waals surface area contributed by atoms with Gasteiger partial charge in [0.15, 0.2) is 17.3 Å². The van der Waals surface area contributed by atoms with Crippen LogP contribution in [0.3, 0.4) is 0 Å². The van der Waals surface area contributed by atoms with Gasteiger partial charge in [-0.3, -0.25) is 0 Å². The average molecular weight is 418 g/mol. The first-order valence-corrected chi connectivity index (χ1v) is 10.2. The number of rotatable bonds is 4. The fraction of sp³-hybridized carbons (Fsp3) is 0.217. The van der Waals surface area contributed by atoms with Gasteiger partial charge in [-0.15, -0.1) is 0 Å². The third-order valence-corrected chi connectivity index (χ3v) is 5.56.